The number of sulfonamides is 2. The van der Waals surface area contributed by atoms with E-state index in [1.54, 1.807) is 12.4 Å². The summed E-state index contributed by atoms with van der Waals surface area (Å²) < 4.78 is 67.4. The van der Waals surface area contributed by atoms with Gasteiger partial charge in [-0.3, -0.25) is 14.7 Å². The van der Waals surface area contributed by atoms with E-state index in [4.69, 9.17) is 9.47 Å². The molecule has 266 valence electrons. The van der Waals surface area contributed by atoms with Crippen LogP contribution >= 0.6 is 0 Å². The van der Waals surface area contributed by atoms with E-state index < -0.39 is 38.1 Å². The highest BCUT2D eigenvalue weighted by Crippen LogP contribution is 2.35. The molecule has 0 spiro atoms. The maximum Gasteiger partial charge on any atom is 0.243 e. The number of nitrogens with one attached hydrogen (secondary N) is 1. The number of carbonyl (C=O) groups excluding carboxylic acids is 1. The molecule has 13 nitrogen and oxygen atoms in total. The number of rotatable bonds is 16. The van der Waals surface area contributed by atoms with Crippen molar-refractivity contribution < 1.29 is 36.2 Å². The summed E-state index contributed by atoms with van der Waals surface area (Å²) in [6.07, 6.45) is 2.06. The molecule has 1 amide bonds. The Bertz CT molecular complexity index is 1750. The van der Waals surface area contributed by atoms with Gasteiger partial charge in [0, 0.05) is 70.7 Å². The lowest BCUT2D eigenvalue weighted by Gasteiger charge is -2.34. The monoisotopic (exact) mass is 715 g/mol. The summed E-state index contributed by atoms with van der Waals surface area (Å²) in [4.78, 5) is 19.5. The highest BCUT2D eigenvalue weighted by molar-refractivity contribution is 7.89. The molecule has 0 unspecified atom stereocenters. The predicted molar refractivity (Wildman–Crippen MR) is 184 cm³/mol. The summed E-state index contributed by atoms with van der Waals surface area (Å²) in [5.41, 5.74) is 1.92. The molecule has 49 heavy (non-hydrogen) atoms. The average molecular weight is 716 g/mol. The largest absolute Gasteiger partial charge is 0.454 e. The van der Waals surface area contributed by atoms with Crippen molar-refractivity contribution in [1.82, 2.24) is 23.8 Å². The first kappa shape index (κ1) is 36.7. The molecule has 2 aliphatic rings. The Balaban J connectivity index is 1.23. The lowest BCUT2D eigenvalue weighted by Crippen LogP contribution is -2.51. The van der Waals surface area contributed by atoms with Gasteiger partial charge < -0.3 is 19.9 Å². The zero-order valence-electron chi connectivity index (χ0n) is 27.8. The van der Waals surface area contributed by atoms with Gasteiger partial charge >= 0.3 is 0 Å². The number of benzene rings is 2. The second kappa shape index (κ2) is 16.4. The highest BCUT2D eigenvalue weighted by Gasteiger charge is 2.33. The third-order valence-electron chi connectivity index (χ3n) is 8.52. The second-order valence-electron chi connectivity index (χ2n) is 12.8. The number of aliphatic hydroxyl groups excluding tert-OH is 1. The minimum Gasteiger partial charge on any atom is -0.454 e. The first-order chi connectivity index (χ1) is 23.4. The molecule has 1 saturated heterocycles. The first-order valence-corrected chi connectivity index (χ1v) is 19.5. The first-order valence-electron chi connectivity index (χ1n) is 16.4. The van der Waals surface area contributed by atoms with Gasteiger partial charge in [0.25, 0.3) is 0 Å². The topological polar surface area (TPSA) is 159 Å². The Morgan fingerprint density at radius 1 is 0.918 bits per heavy atom. The van der Waals surface area contributed by atoms with Crippen LogP contribution in [-0.2, 0) is 37.8 Å². The number of aromatic nitrogens is 1. The van der Waals surface area contributed by atoms with E-state index in [-0.39, 0.29) is 49.3 Å². The Morgan fingerprint density at radius 3 is 2.31 bits per heavy atom. The minimum absolute atomic E-state index is 0.000930. The standard InChI is InChI=1S/C34H45N5O8S2/c1-26(2)22-39(49(44,45)29-8-9-32-33(21-29)47-25-46-32)24-31(40)30(20-27-6-4-3-5-7-27)36-34(41)12-19-48(42,43)38-17-15-37(16-18-38)23-28-10-13-35-14-11-28/h3-11,13-14,21,26,30-31,40H,12,15-20,22-25H2,1-2H3,(H,36,41)/t30-,31+/m0/s1. The predicted octanol–water partition coefficient (Wildman–Crippen LogP) is 2.08. The Kier molecular flexibility index (Phi) is 12.3. The van der Waals surface area contributed by atoms with E-state index in [0.29, 0.717) is 44.2 Å². The van der Waals surface area contributed by atoms with Crippen molar-refractivity contribution in [3.05, 3.63) is 84.2 Å². The molecule has 5 rings (SSSR count). The molecule has 15 heteroatoms. The Labute approximate surface area is 288 Å². The van der Waals surface area contributed by atoms with E-state index in [0.717, 1.165) is 11.1 Å². The van der Waals surface area contributed by atoms with Crippen molar-refractivity contribution in [2.24, 2.45) is 5.92 Å². The van der Waals surface area contributed by atoms with Gasteiger partial charge in [-0.05, 0) is 47.7 Å². The summed E-state index contributed by atoms with van der Waals surface area (Å²) in [7, 11) is -7.79. The molecule has 1 aromatic heterocycles. The highest BCUT2D eigenvalue weighted by atomic mass is 32.2. The van der Waals surface area contributed by atoms with Crippen LogP contribution in [0, 0.1) is 5.92 Å². The molecule has 0 radical (unpaired) electrons. The molecule has 0 bridgehead atoms. The van der Waals surface area contributed by atoms with Crippen LogP contribution in [-0.4, -0.2) is 110 Å². The third-order valence-corrected chi connectivity index (χ3v) is 12.2. The molecule has 2 aliphatic heterocycles. The van der Waals surface area contributed by atoms with Crippen LogP contribution in [0.5, 0.6) is 11.5 Å². The second-order valence-corrected chi connectivity index (χ2v) is 16.8. The quantitative estimate of drug-likeness (QED) is 0.225. The van der Waals surface area contributed by atoms with E-state index in [1.807, 2.05) is 56.3 Å². The summed E-state index contributed by atoms with van der Waals surface area (Å²) in [6.45, 7) is 6.07. The van der Waals surface area contributed by atoms with E-state index in [9.17, 15) is 26.7 Å². The molecule has 3 aromatic rings. The summed E-state index contributed by atoms with van der Waals surface area (Å²) >= 11 is 0. The minimum atomic E-state index is -4.08. The van der Waals surface area contributed by atoms with Gasteiger partial charge in [-0.1, -0.05) is 44.2 Å². The van der Waals surface area contributed by atoms with E-state index in [2.05, 4.69) is 15.2 Å². The van der Waals surface area contributed by atoms with Gasteiger partial charge in [-0.2, -0.15) is 8.61 Å². The van der Waals surface area contributed by atoms with E-state index in [1.165, 1.54) is 26.8 Å². The number of amides is 1. The summed E-state index contributed by atoms with van der Waals surface area (Å²) in [5.74, 6) is -0.225. The van der Waals surface area contributed by atoms with Gasteiger partial charge in [-0.25, -0.2) is 16.8 Å². The van der Waals surface area contributed by atoms with Crippen molar-refractivity contribution in [2.45, 2.75) is 50.3 Å². The summed E-state index contributed by atoms with van der Waals surface area (Å²) in [5, 5.41) is 14.3. The number of piperazine rings is 1. The van der Waals surface area contributed by atoms with Crippen molar-refractivity contribution in [3.8, 4) is 11.5 Å². The van der Waals surface area contributed by atoms with Crippen LogP contribution in [0.25, 0.3) is 0 Å². The van der Waals surface area contributed by atoms with Gasteiger partial charge in [0.1, 0.15) is 0 Å². The molecular weight excluding hydrogens is 671 g/mol. The third kappa shape index (κ3) is 9.99. The number of pyridine rings is 1. The molecule has 2 aromatic carbocycles. The fourth-order valence-corrected chi connectivity index (χ4v) is 8.95. The van der Waals surface area contributed by atoms with Gasteiger partial charge in [-0.15, -0.1) is 0 Å². The van der Waals surface area contributed by atoms with Crippen molar-refractivity contribution in [3.63, 3.8) is 0 Å². The number of aliphatic hydroxyl groups is 1. The Morgan fingerprint density at radius 2 is 1.61 bits per heavy atom. The number of carbonyl (C=O) groups is 1. The fourth-order valence-electron chi connectivity index (χ4n) is 5.89. The maximum absolute atomic E-state index is 13.8. The number of fused-ring (bicyclic) bond motifs is 1. The maximum atomic E-state index is 13.8. The molecule has 0 saturated carbocycles. The number of hydrogen-bond donors (Lipinski definition) is 2. The van der Waals surface area contributed by atoms with Crippen LogP contribution in [0.4, 0.5) is 0 Å². The van der Waals surface area contributed by atoms with Gasteiger partial charge in [0.2, 0.25) is 32.7 Å². The van der Waals surface area contributed by atoms with E-state index >= 15 is 0 Å². The smallest absolute Gasteiger partial charge is 0.243 e. The molecule has 2 N–H and O–H groups in total. The van der Waals surface area contributed by atoms with Gasteiger partial charge in [0.15, 0.2) is 11.5 Å². The van der Waals surface area contributed by atoms with Crippen LogP contribution in [0.3, 0.4) is 0 Å². The van der Waals surface area contributed by atoms with Crippen LogP contribution < -0.4 is 14.8 Å². The number of hydrogen-bond acceptors (Lipinski definition) is 10. The Hall–Kier alpha value is -3.60. The molecular formula is C34H45N5O8S2. The zero-order valence-corrected chi connectivity index (χ0v) is 29.5. The van der Waals surface area contributed by atoms with Crippen LogP contribution in [0.15, 0.2) is 78.0 Å². The normalized spacial score (nSPS) is 16.9. The molecule has 2 atom stereocenters. The zero-order chi connectivity index (χ0) is 35.0. The van der Waals surface area contributed by atoms with Crippen molar-refractivity contribution >= 4 is 26.0 Å². The number of ether oxygens (including phenoxy) is 2. The summed E-state index contributed by atoms with van der Waals surface area (Å²) in [6, 6.07) is 16.6. The van der Waals surface area contributed by atoms with Crippen molar-refractivity contribution in [2.75, 3.05) is 51.8 Å². The van der Waals surface area contributed by atoms with Gasteiger partial charge in [0.05, 0.1) is 22.8 Å². The van der Waals surface area contributed by atoms with Crippen LogP contribution in [0.2, 0.25) is 0 Å². The number of nitrogens with zero attached hydrogens (tertiary/aromatic N) is 4. The van der Waals surface area contributed by atoms with Crippen molar-refractivity contribution in [1.29, 1.82) is 0 Å². The fraction of sp³-hybridized carbons (Fsp3) is 0.471. The van der Waals surface area contributed by atoms with Crippen LogP contribution in [0.1, 0.15) is 31.4 Å². The molecule has 1 fully saturated rings. The average Bonchev–Trinajstić information content (AvgIpc) is 3.56. The SMILES string of the molecule is CC(C)CN(C[C@@H](O)[C@H](Cc1ccccc1)NC(=O)CCS(=O)(=O)N1CCN(Cc2ccncc2)CC1)S(=O)(=O)c1ccc2c(c1)OCO2. The lowest BCUT2D eigenvalue weighted by molar-refractivity contribution is -0.122. The molecule has 3 heterocycles. The lowest BCUT2D eigenvalue weighted by atomic mass is 10.0. The molecule has 0 aliphatic carbocycles.